The zero-order valence-corrected chi connectivity index (χ0v) is 12.8. The average Bonchev–Trinajstić information content (AvgIpc) is 2.46. The van der Waals surface area contributed by atoms with Crippen LogP contribution in [0.5, 0.6) is 5.75 Å². The molecule has 8 heteroatoms. The molecule has 2 aromatic rings. The number of esters is 1. The predicted molar refractivity (Wildman–Crippen MR) is 80.6 cm³/mol. The van der Waals surface area contributed by atoms with Crippen molar-refractivity contribution in [3.8, 4) is 5.75 Å². The number of hydrogen-bond donors (Lipinski definition) is 0. The number of nitro benzene ring substituents is 1. The first-order valence-corrected chi connectivity index (χ1v) is 6.89. The van der Waals surface area contributed by atoms with Crippen molar-refractivity contribution in [1.82, 2.24) is 0 Å². The van der Waals surface area contributed by atoms with E-state index in [9.17, 15) is 19.7 Å². The predicted octanol–water partition coefficient (Wildman–Crippen LogP) is 2.34. The number of aryl methyl sites for hydroxylation is 1. The monoisotopic (exact) mass is 321 g/mol. The summed E-state index contributed by atoms with van der Waals surface area (Å²) in [5, 5.41) is 11.7. The molecule has 0 aliphatic carbocycles. The molecule has 0 N–H and O–H groups in total. The number of nitro groups is 1. The zero-order valence-electron chi connectivity index (χ0n) is 12.8. The Balaban J connectivity index is 2.53. The molecular weight excluding hydrogens is 306 g/mol. The normalized spacial score (nSPS) is 12.0. The van der Waals surface area contributed by atoms with Crippen LogP contribution in [0.25, 0.3) is 11.0 Å². The van der Waals surface area contributed by atoms with Crippen molar-refractivity contribution in [3.63, 3.8) is 0 Å². The summed E-state index contributed by atoms with van der Waals surface area (Å²) in [7, 11) is 0. The molecule has 0 radical (unpaired) electrons. The smallest absolute Gasteiger partial charge is 0.347 e. The minimum atomic E-state index is -1.04. The Morgan fingerprint density at radius 1 is 1.39 bits per heavy atom. The van der Waals surface area contributed by atoms with Gasteiger partial charge in [0.2, 0.25) is 5.75 Å². The molecule has 0 fully saturated rings. The van der Waals surface area contributed by atoms with Crippen LogP contribution in [-0.2, 0) is 9.53 Å². The summed E-state index contributed by atoms with van der Waals surface area (Å²) >= 11 is 0. The van der Waals surface area contributed by atoms with Gasteiger partial charge in [-0.3, -0.25) is 10.1 Å². The summed E-state index contributed by atoms with van der Waals surface area (Å²) in [6.45, 7) is 4.87. The van der Waals surface area contributed by atoms with Crippen LogP contribution < -0.4 is 10.4 Å². The van der Waals surface area contributed by atoms with Gasteiger partial charge in [0.25, 0.3) is 0 Å². The van der Waals surface area contributed by atoms with Gasteiger partial charge in [-0.05, 0) is 26.3 Å². The molecular formula is C15H15NO7. The van der Waals surface area contributed by atoms with Crippen molar-refractivity contribution in [2.45, 2.75) is 26.9 Å². The maximum absolute atomic E-state index is 11.6. The number of ether oxygens (including phenoxy) is 2. The first-order chi connectivity index (χ1) is 10.8. The number of hydrogen-bond acceptors (Lipinski definition) is 7. The third kappa shape index (κ3) is 3.47. The molecule has 0 aliphatic heterocycles. The second kappa shape index (κ2) is 6.47. The SMILES string of the molecule is CCOC(=O)[C@@H](C)Oc1cc2oc(=O)cc(C)c2cc1[N+](=O)[O-]. The molecule has 2 rings (SSSR count). The van der Waals surface area contributed by atoms with Crippen molar-refractivity contribution in [2.24, 2.45) is 0 Å². The topological polar surface area (TPSA) is 109 Å². The van der Waals surface area contributed by atoms with E-state index in [-0.39, 0.29) is 23.6 Å². The van der Waals surface area contributed by atoms with Crippen molar-refractivity contribution < 1.29 is 23.6 Å². The van der Waals surface area contributed by atoms with E-state index in [0.717, 1.165) is 0 Å². The molecule has 0 aliphatic rings. The average molecular weight is 321 g/mol. The van der Waals surface area contributed by atoms with E-state index in [2.05, 4.69) is 0 Å². The molecule has 0 bridgehead atoms. The second-order valence-corrected chi connectivity index (χ2v) is 4.83. The van der Waals surface area contributed by atoms with Crippen LogP contribution in [0.4, 0.5) is 5.69 Å². The van der Waals surface area contributed by atoms with E-state index in [0.29, 0.717) is 10.9 Å². The molecule has 122 valence electrons. The van der Waals surface area contributed by atoms with Gasteiger partial charge in [-0.2, -0.15) is 0 Å². The Kier molecular flexibility index (Phi) is 4.63. The Morgan fingerprint density at radius 3 is 2.70 bits per heavy atom. The van der Waals surface area contributed by atoms with Gasteiger partial charge >= 0.3 is 17.3 Å². The third-order valence-corrected chi connectivity index (χ3v) is 3.15. The molecule has 1 atom stereocenters. The fourth-order valence-electron chi connectivity index (χ4n) is 2.07. The summed E-state index contributed by atoms with van der Waals surface area (Å²) in [6.07, 6.45) is -1.04. The number of fused-ring (bicyclic) bond motifs is 1. The maximum atomic E-state index is 11.6. The van der Waals surface area contributed by atoms with Crippen LogP contribution in [0, 0.1) is 17.0 Å². The lowest BCUT2D eigenvalue weighted by atomic mass is 10.1. The lowest BCUT2D eigenvalue weighted by Crippen LogP contribution is -2.26. The van der Waals surface area contributed by atoms with Crippen molar-refractivity contribution in [3.05, 3.63) is 44.3 Å². The van der Waals surface area contributed by atoms with E-state index in [1.165, 1.54) is 25.1 Å². The molecule has 1 aromatic carbocycles. The Bertz CT molecular complexity index is 824. The van der Waals surface area contributed by atoms with E-state index < -0.39 is 22.6 Å². The van der Waals surface area contributed by atoms with E-state index in [4.69, 9.17) is 13.9 Å². The van der Waals surface area contributed by atoms with Gasteiger partial charge in [-0.1, -0.05) is 0 Å². The standard InChI is InChI=1S/C15H15NO7/c1-4-21-15(18)9(3)22-13-7-12-10(6-11(13)16(19)20)8(2)5-14(17)23-12/h5-7,9H,4H2,1-3H3/t9-/m1/s1. The summed E-state index contributed by atoms with van der Waals surface area (Å²) in [4.78, 5) is 33.7. The van der Waals surface area contributed by atoms with Crippen molar-refractivity contribution >= 4 is 22.6 Å². The zero-order chi connectivity index (χ0) is 17.1. The van der Waals surface area contributed by atoms with Gasteiger partial charge in [0.15, 0.2) is 6.10 Å². The molecule has 23 heavy (non-hydrogen) atoms. The maximum Gasteiger partial charge on any atom is 0.347 e. The number of carbonyl (C=O) groups excluding carboxylic acids is 1. The Hall–Kier alpha value is -2.90. The molecule has 0 saturated heterocycles. The fourth-order valence-corrected chi connectivity index (χ4v) is 2.07. The Labute approximate surface area is 130 Å². The summed E-state index contributed by atoms with van der Waals surface area (Å²) < 4.78 is 15.2. The highest BCUT2D eigenvalue weighted by Gasteiger charge is 2.24. The van der Waals surface area contributed by atoms with Gasteiger partial charge in [0, 0.05) is 23.6 Å². The van der Waals surface area contributed by atoms with Gasteiger partial charge < -0.3 is 13.9 Å². The largest absolute Gasteiger partial charge is 0.472 e. The molecule has 0 amide bonds. The van der Waals surface area contributed by atoms with Gasteiger partial charge in [-0.25, -0.2) is 9.59 Å². The van der Waals surface area contributed by atoms with E-state index in [1.807, 2.05) is 0 Å². The molecule has 0 saturated carbocycles. The first-order valence-electron chi connectivity index (χ1n) is 6.89. The number of nitrogens with zero attached hydrogens (tertiary/aromatic N) is 1. The highest BCUT2D eigenvalue weighted by Crippen LogP contribution is 2.33. The second-order valence-electron chi connectivity index (χ2n) is 4.83. The van der Waals surface area contributed by atoms with Crippen LogP contribution in [0.3, 0.4) is 0 Å². The van der Waals surface area contributed by atoms with Crippen LogP contribution in [0.2, 0.25) is 0 Å². The first kappa shape index (κ1) is 16.5. The van der Waals surface area contributed by atoms with Gasteiger partial charge in [0.1, 0.15) is 5.58 Å². The number of benzene rings is 1. The highest BCUT2D eigenvalue weighted by molar-refractivity contribution is 5.85. The molecule has 1 aromatic heterocycles. The Morgan fingerprint density at radius 2 is 2.09 bits per heavy atom. The summed E-state index contributed by atoms with van der Waals surface area (Å²) in [6, 6.07) is 3.73. The highest BCUT2D eigenvalue weighted by atomic mass is 16.6. The molecule has 8 nitrogen and oxygen atoms in total. The fraction of sp³-hybridized carbons (Fsp3) is 0.333. The van der Waals surface area contributed by atoms with E-state index >= 15 is 0 Å². The van der Waals surface area contributed by atoms with Crippen LogP contribution in [0.1, 0.15) is 19.4 Å². The van der Waals surface area contributed by atoms with Crippen LogP contribution >= 0.6 is 0 Å². The van der Waals surface area contributed by atoms with Gasteiger partial charge in [-0.15, -0.1) is 0 Å². The van der Waals surface area contributed by atoms with Crippen LogP contribution in [0.15, 0.2) is 27.4 Å². The van der Waals surface area contributed by atoms with Crippen molar-refractivity contribution in [2.75, 3.05) is 6.61 Å². The quantitative estimate of drug-likeness (QED) is 0.360. The summed E-state index contributed by atoms with van der Waals surface area (Å²) in [5.41, 5.74) is -0.213. The van der Waals surface area contributed by atoms with Crippen molar-refractivity contribution in [1.29, 1.82) is 0 Å². The minimum Gasteiger partial charge on any atom is -0.472 e. The lowest BCUT2D eigenvalue weighted by Gasteiger charge is -2.14. The number of carbonyl (C=O) groups is 1. The van der Waals surface area contributed by atoms with E-state index in [1.54, 1.807) is 13.8 Å². The molecule has 0 unspecified atom stereocenters. The van der Waals surface area contributed by atoms with Crippen LogP contribution in [-0.4, -0.2) is 23.6 Å². The minimum absolute atomic E-state index is 0.145. The lowest BCUT2D eigenvalue weighted by molar-refractivity contribution is -0.385. The molecule has 1 heterocycles. The molecule has 0 spiro atoms. The third-order valence-electron chi connectivity index (χ3n) is 3.15. The summed E-state index contributed by atoms with van der Waals surface area (Å²) in [5.74, 6) is -0.815. The number of rotatable bonds is 5. The van der Waals surface area contributed by atoms with Gasteiger partial charge in [0.05, 0.1) is 11.5 Å².